The van der Waals surface area contributed by atoms with Gasteiger partial charge in [-0.05, 0) is 45.0 Å². The number of ether oxygens (including phenoxy) is 1. The van der Waals surface area contributed by atoms with Crippen LogP contribution in [0, 0.1) is 19.7 Å². The number of benzene rings is 1. The zero-order valence-corrected chi connectivity index (χ0v) is 17.6. The zero-order valence-electron chi connectivity index (χ0n) is 16.8. The monoisotopic (exact) mass is 426 g/mol. The highest BCUT2D eigenvalue weighted by atomic mass is 32.2. The maximum atomic E-state index is 13.0. The Labute approximate surface area is 168 Å². The fourth-order valence-electron chi connectivity index (χ4n) is 2.52. The van der Waals surface area contributed by atoms with E-state index in [-0.39, 0.29) is 4.90 Å². The van der Waals surface area contributed by atoms with Gasteiger partial charge in [-0.15, -0.1) is 0 Å². The van der Waals surface area contributed by atoms with Crippen molar-refractivity contribution in [1.82, 2.24) is 14.1 Å². The number of hydrogen-bond donors (Lipinski definition) is 1. The summed E-state index contributed by atoms with van der Waals surface area (Å²) < 4.78 is 45.3. The molecule has 1 heterocycles. The average molecular weight is 426 g/mol. The number of sulfonamides is 1. The number of amides is 1. The lowest BCUT2D eigenvalue weighted by atomic mass is 10.3. The van der Waals surface area contributed by atoms with E-state index in [0.29, 0.717) is 11.4 Å². The first-order valence-corrected chi connectivity index (χ1v) is 10.1. The van der Waals surface area contributed by atoms with Crippen molar-refractivity contribution in [2.24, 2.45) is 7.05 Å². The van der Waals surface area contributed by atoms with Crippen LogP contribution in [-0.4, -0.2) is 54.1 Å². The van der Waals surface area contributed by atoms with Crippen molar-refractivity contribution in [3.8, 4) is 0 Å². The summed E-state index contributed by atoms with van der Waals surface area (Å²) in [6.07, 6.45) is -1.15. The highest BCUT2D eigenvalue weighted by molar-refractivity contribution is 7.89. The molecule has 1 N–H and O–H groups in total. The van der Waals surface area contributed by atoms with E-state index in [9.17, 15) is 22.4 Å². The lowest BCUT2D eigenvalue weighted by Crippen LogP contribution is -2.37. The van der Waals surface area contributed by atoms with E-state index in [2.05, 4.69) is 10.4 Å². The van der Waals surface area contributed by atoms with Crippen molar-refractivity contribution in [2.45, 2.75) is 31.8 Å². The lowest BCUT2D eigenvalue weighted by molar-refractivity contribution is -0.153. The number of hydrogen-bond acceptors (Lipinski definition) is 6. The molecule has 2 aromatic rings. The summed E-state index contributed by atoms with van der Waals surface area (Å²) in [5.74, 6) is -2.05. The van der Waals surface area contributed by atoms with Gasteiger partial charge in [0.15, 0.2) is 6.10 Å². The number of halogens is 1. The van der Waals surface area contributed by atoms with E-state index in [1.807, 2.05) is 0 Å². The minimum Gasteiger partial charge on any atom is -0.452 e. The van der Waals surface area contributed by atoms with Gasteiger partial charge in [0.05, 0.1) is 22.0 Å². The average Bonchev–Trinajstić information content (AvgIpc) is 2.87. The Bertz CT molecular complexity index is 1020. The van der Waals surface area contributed by atoms with Crippen LogP contribution in [0.4, 0.5) is 10.1 Å². The highest BCUT2D eigenvalue weighted by Gasteiger charge is 2.26. The molecule has 0 aliphatic rings. The van der Waals surface area contributed by atoms with Crippen molar-refractivity contribution >= 4 is 27.6 Å². The van der Waals surface area contributed by atoms with Gasteiger partial charge in [-0.3, -0.25) is 14.3 Å². The van der Waals surface area contributed by atoms with Crippen molar-refractivity contribution < 1.29 is 27.1 Å². The summed E-state index contributed by atoms with van der Waals surface area (Å²) in [5, 5.41) is 6.83. The molecule has 0 aliphatic heterocycles. The van der Waals surface area contributed by atoms with Crippen LogP contribution in [0.1, 0.15) is 18.3 Å². The summed E-state index contributed by atoms with van der Waals surface area (Å²) >= 11 is 0. The molecule has 29 heavy (non-hydrogen) atoms. The predicted octanol–water partition coefficient (Wildman–Crippen LogP) is 1.37. The molecule has 1 unspecified atom stereocenters. The molecule has 0 aliphatic carbocycles. The standard InChI is InChI=1S/C18H23FN4O5S/c1-11-17(12(2)23(5)21-11)20-18(25)13(3)28-16(24)10-22(4)29(26,27)15-8-6-14(19)7-9-15/h6-9,13H,10H2,1-5H3,(H,20,25). The Morgan fingerprint density at radius 1 is 1.28 bits per heavy atom. The first-order chi connectivity index (χ1) is 13.4. The fourth-order valence-corrected chi connectivity index (χ4v) is 3.64. The summed E-state index contributed by atoms with van der Waals surface area (Å²) in [5.41, 5.74) is 1.87. The summed E-state index contributed by atoms with van der Waals surface area (Å²) in [6, 6.07) is 4.21. The maximum Gasteiger partial charge on any atom is 0.322 e. The number of carbonyl (C=O) groups excluding carboxylic acids is 2. The SMILES string of the molecule is Cc1nn(C)c(C)c1NC(=O)C(C)OC(=O)CN(C)S(=O)(=O)c1ccc(F)cc1. The molecule has 0 saturated carbocycles. The summed E-state index contributed by atoms with van der Waals surface area (Å²) in [6.45, 7) is 4.28. The Morgan fingerprint density at radius 3 is 2.38 bits per heavy atom. The van der Waals surface area contributed by atoms with E-state index in [4.69, 9.17) is 4.74 Å². The van der Waals surface area contributed by atoms with Crippen molar-refractivity contribution in [1.29, 1.82) is 0 Å². The first kappa shape index (κ1) is 22.5. The van der Waals surface area contributed by atoms with E-state index in [1.54, 1.807) is 25.6 Å². The molecule has 1 aromatic carbocycles. The molecule has 1 atom stereocenters. The number of anilines is 1. The van der Waals surface area contributed by atoms with E-state index in [1.165, 1.54) is 14.0 Å². The molecule has 11 heteroatoms. The number of aromatic nitrogens is 2. The number of nitrogens with one attached hydrogen (secondary N) is 1. The molecule has 0 saturated heterocycles. The highest BCUT2D eigenvalue weighted by Crippen LogP contribution is 2.19. The smallest absolute Gasteiger partial charge is 0.322 e. The van der Waals surface area contributed by atoms with E-state index >= 15 is 0 Å². The quantitative estimate of drug-likeness (QED) is 0.670. The van der Waals surface area contributed by atoms with Crippen LogP contribution in [0.25, 0.3) is 0 Å². The van der Waals surface area contributed by atoms with Crippen LogP contribution >= 0.6 is 0 Å². The molecule has 158 valence electrons. The Hall–Kier alpha value is -2.79. The Balaban J connectivity index is 1.98. The van der Waals surface area contributed by atoms with Crippen LogP contribution in [0.3, 0.4) is 0 Å². The largest absolute Gasteiger partial charge is 0.452 e. The minimum absolute atomic E-state index is 0.164. The van der Waals surface area contributed by atoms with Gasteiger partial charge in [0.2, 0.25) is 10.0 Å². The second kappa shape index (κ2) is 8.70. The van der Waals surface area contributed by atoms with Crippen molar-refractivity contribution in [2.75, 3.05) is 18.9 Å². The second-order valence-electron chi connectivity index (χ2n) is 6.51. The Kier molecular flexibility index (Phi) is 6.75. The van der Waals surface area contributed by atoms with Gasteiger partial charge >= 0.3 is 5.97 Å². The molecule has 0 bridgehead atoms. The number of aryl methyl sites for hydroxylation is 2. The van der Waals surface area contributed by atoms with Crippen LogP contribution in [0.2, 0.25) is 0 Å². The summed E-state index contributed by atoms with van der Waals surface area (Å²) in [7, 11) is -1.09. The molecule has 0 spiro atoms. The normalized spacial score (nSPS) is 12.7. The number of likely N-dealkylation sites (N-methyl/N-ethyl adjacent to an activating group) is 1. The number of nitrogens with zero attached hydrogens (tertiary/aromatic N) is 3. The number of rotatable bonds is 7. The van der Waals surface area contributed by atoms with Gasteiger partial charge < -0.3 is 10.1 Å². The molecule has 1 amide bonds. The van der Waals surface area contributed by atoms with E-state index < -0.39 is 40.4 Å². The number of esters is 1. The van der Waals surface area contributed by atoms with Gasteiger partial charge in [-0.2, -0.15) is 9.40 Å². The van der Waals surface area contributed by atoms with Gasteiger partial charge in [0.1, 0.15) is 12.4 Å². The predicted molar refractivity (Wildman–Crippen MR) is 103 cm³/mol. The number of carbonyl (C=O) groups is 2. The molecule has 1 aromatic heterocycles. The third-order valence-electron chi connectivity index (χ3n) is 4.31. The molecule has 0 radical (unpaired) electrons. The van der Waals surface area contributed by atoms with Gasteiger partial charge in [-0.1, -0.05) is 0 Å². The third kappa shape index (κ3) is 5.18. The topological polar surface area (TPSA) is 111 Å². The zero-order chi connectivity index (χ0) is 21.9. The fraction of sp³-hybridized carbons (Fsp3) is 0.389. The molecule has 0 fully saturated rings. The van der Waals surface area contributed by atoms with Crippen molar-refractivity contribution in [3.05, 3.63) is 41.5 Å². The molecular weight excluding hydrogens is 403 g/mol. The van der Waals surface area contributed by atoms with Gasteiger partial charge in [0, 0.05) is 14.1 Å². The van der Waals surface area contributed by atoms with Crippen molar-refractivity contribution in [3.63, 3.8) is 0 Å². The van der Waals surface area contributed by atoms with Crippen LogP contribution in [0.5, 0.6) is 0 Å². The van der Waals surface area contributed by atoms with Crippen LogP contribution in [-0.2, 0) is 31.4 Å². The second-order valence-corrected chi connectivity index (χ2v) is 8.55. The molecular formula is C18H23FN4O5S. The molecule has 2 rings (SSSR count). The van der Waals surface area contributed by atoms with Gasteiger partial charge in [-0.25, -0.2) is 12.8 Å². The van der Waals surface area contributed by atoms with Crippen LogP contribution < -0.4 is 5.32 Å². The minimum atomic E-state index is -4.01. The molecule has 9 nitrogen and oxygen atoms in total. The summed E-state index contributed by atoms with van der Waals surface area (Å²) in [4.78, 5) is 24.2. The third-order valence-corrected chi connectivity index (χ3v) is 6.13. The lowest BCUT2D eigenvalue weighted by Gasteiger charge is -2.18. The first-order valence-electron chi connectivity index (χ1n) is 8.66. The van der Waals surface area contributed by atoms with Gasteiger partial charge in [0.25, 0.3) is 5.91 Å². The Morgan fingerprint density at radius 2 is 1.86 bits per heavy atom. The maximum absolute atomic E-state index is 13.0. The van der Waals surface area contributed by atoms with Crippen LogP contribution in [0.15, 0.2) is 29.2 Å². The van der Waals surface area contributed by atoms with E-state index in [0.717, 1.165) is 34.3 Å².